The Morgan fingerprint density at radius 2 is 1.42 bits per heavy atom. The summed E-state index contributed by atoms with van der Waals surface area (Å²) in [5.41, 5.74) is 5.55. The van der Waals surface area contributed by atoms with Crippen molar-refractivity contribution in [2.24, 2.45) is 5.10 Å². The van der Waals surface area contributed by atoms with Crippen LogP contribution < -0.4 is 19.2 Å². The quantitative estimate of drug-likeness (QED) is 0.128. The van der Waals surface area contributed by atoms with E-state index in [-0.39, 0.29) is 12.0 Å². The van der Waals surface area contributed by atoms with E-state index in [0.29, 0.717) is 11.3 Å². The Labute approximate surface area is 255 Å². The number of thiazole rings is 1. The number of ether oxygens (including phenoxy) is 3. The average Bonchev–Trinajstić information content (AvgIpc) is 3.71. The van der Waals surface area contributed by atoms with Crippen LogP contribution in [0, 0.1) is 0 Å². The lowest BCUT2D eigenvalue weighted by atomic mass is 9.98. The van der Waals surface area contributed by atoms with E-state index >= 15 is 0 Å². The van der Waals surface area contributed by atoms with Gasteiger partial charge in [-0.15, -0.1) is 0 Å². The lowest BCUT2D eigenvalue weighted by Gasteiger charge is -2.21. The number of hydrogen-bond donors (Lipinski definition) is 0. The molecule has 0 saturated heterocycles. The summed E-state index contributed by atoms with van der Waals surface area (Å²) >= 11 is 1.65. The van der Waals surface area contributed by atoms with Gasteiger partial charge in [0.15, 0.2) is 0 Å². The van der Waals surface area contributed by atoms with Gasteiger partial charge in [-0.3, -0.25) is 0 Å². The highest BCUT2D eigenvalue weighted by molar-refractivity contribution is 7.16. The minimum atomic E-state index is -0.386. The number of aromatic nitrogens is 1. The van der Waals surface area contributed by atoms with Crippen molar-refractivity contribution < 1.29 is 19.0 Å². The molecule has 2 heterocycles. The molecule has 0 aliphatic carbocycles. The molecule has 7 nitrogen and oxygen atoms in total. The van der Waals surface area contributed by atoms with Gasteiger partial charge in [-0.25, -0.2) is 14.8 Å². The smallest absolute Gasteiger partial charge is 0.343 e. The van der Waals surface area contributed by atoms with E-state index in [1.54, 1.807) is 37.7 Å². The van der Waals surface area contributed by atoms with E-state index in [9.17, 15) is 4.79 Å². The van der Waals surface area contributed by atoms with E-state index in [4.69, 9.17) is 24.3 Å². The van der Waals surface area contributed by atoms with Crippen LogP contribution in [0.5, 0.6) is 17.2 Å². The Morgan fingerprint density at radius 1 is 0.814 bits per heavy atom. The first-order valence-electron chi connectivity index (χ1n) is 14.1. The summed E-state index contributed by atoms with van der Waals surface area (Å²) in [5, 5.41) is 7.99. The number of hydrazone groups is 1. The van der Waals surface area contributed by atoms with Gasteiger partial charge in [0.1, 0.15) is 17.2 Å². The van der Waals surface area contributed by atoms with Crippen molar-refractivity contribution >= 4 is 28.1 Å². The zero-order chi connectivity index (χ0) is 29.8. The molecular weight excluding hydrogens is 558 g/mol. The van der Waals surface area contributed by atoms with Crippen molar-refractivity contribution in [2.75, 3.05) is 19.2 Å². The average molecular weight is 590 g/mol. The largest absolute Gasteiger partial charge is 0.497 e. The third-order valence-corrected chi connectivity index (χ3v) is 8.57. The monoisotopic (exact) mass is 589 g/mol. The van der Waals surface area contributed by atoms with Crippen molar-refractivity contribution in [1.82, 2.24) is 4.98 Å². The molecule has 1 aliphatic heterocycles. The Morgan fingerprint density at radius 3 is 2.05 bits per heavy atom. The standard InChI is InChI=1S/C35H31N3O4S/c1-4-32-33(25-14-20-29(21-15-25)42-34(39)26-8-6-5-7-9-26)36-35(43-32)38-31(24-12-18-28(41-3)19-13-24)22-30(37-38)23-10-16-27(40-2)17-11-23/h5-21,31H,4,22H2,1-3H3/t31-/m1/s1. The Bertz CT molecular complexity index is 1730. The molecule has 1 aliphatic rings. The van der Waals surface area contributed by atoms with Gasteiger partial charge in [0.05, 0.1) is 37.2 Å². The zero-order valence-electron chi connectivity index (χ0n) is 24.2. The molecule has 1 aromatic heterocycles. The summed E-state index contributed by atoms with van der Waals surface area (Å²) in [6.07, 6.45) is 1.56. The summed E-state index contributed by atoms with van der Waals surface area (Å²) < 4.78 is 16.3. The highest BCUT2D eigenvalue weighted by atomic mass is 32.1. The second-order valence-corrected chi connectivity index (χ2v) is 11.1. The zero-order valence-corrected chi connectivity index (χ0v) is 25.0. The molecule has 5 aromatic rings. The SMILES string of the molecule is CCc1sc(N2N=C(c3ccc(OC)cc3)C[C@@H]2c2ccc(OC)cc2)nc1-c1ccc(OC(=O)c2ccccc2)cc1. The molecule has 6 rings (SSSR count). The van der Waals surface area contributed by atoms with Gasteiger partial charge < -0.3 is 14.2 Å². The van der Waals surface area contributed by atoms with Crippen LogP contribution in [0.15, 0.2) is 108 Å². The van der Waals surface area contributed by atoms with E-state index in [1.807, 2.05) is 83.9 Å². The molecule has 0 N–H and O–H groups in total. The van der Waals surface area contributed by atoms with E-state index in [0.717, 1.165) is 62.4 Å². The summed E-state index contributed by atoms with van der Waals surface area (Å²) in [4.78, 5) is 18.8. The molecular formula is C35H31N3O4S. The van der Waals surface area contributed by atoms with Gasteiger partial charge in [0.25, 0.3) is 0 Å². The van der Waals surface area contributed by atoms with Crippen molar-refractivity contribution in [3.05, 3.63) is 125 Å². The molecule has 4 aromatic carbocycles. The summed E-state index contributed by atoms with van der Waals surface area (Å²) in [6, 6.07) is 32.6. The Hall–Kier alpha value is -4.95. The fourth-order valence-corrected chi connectivity index (χ4v) is 6.08. The molecule has 0 amide bonds. The van der Waals surface area contributed by atoms with E-state index in [2.05, 4.69) is 19.1 Å². The highest BCUT2D eigenvalue weighted by Crippen LogP contribution is 2.42. The first kappa shape index (κ1) is 28.2. The van der Waals surface area contributed by atoms with Gasteiger partial charge >= 0.3 is 5.97 Å². The number of benzene rings is 4. The number of nitrogens with zero attached hydrogens (tertiary/aromatic N) is 3. The van der Waals surface area contributed by atoms with Crippen LogP contribution in [-0.4, -0.2) is 30.9 Å². The lowest BCUT2D eigenvalue weighted by molar-refractivity contribution is 0.0734. The van der Waals surface area contributed by atoms with Crippen LogP contribution in [0.25, 0.3) is 11.3 Å². The molecule has 1 atom stereocenters. The molecule has 0 unspecified atom stereocenters. The second-order valence-electron chi connectivity index (χ2n) is 10.0. The van der Waals surface area contributed by atoms with Crippen LogP contribution in [0.1, 0.15) is 45.7 Å². The molecule has 43 heavy (non-hydrogen) atoms. The van der Waals surface area contributed by atoms with Gasteiger partial charge in [0, 0.05) is 16.9 Å². The summed E-state index contributed by atoms with van der Waals surface area (Å²) in [7, 11) is 3.34. The molecule has 216 valence electrons. The summed E-state index contributed by atoms with van der Waals surface area (Å²) in [6.45, 7) is 2.13. The maximum atomic E-state index is 12.5. The predicted molar refractivity (Wildman–Crippen MR) is 171 cm³/mol. The van der Waals surface area contributed by atoms with Gasteiger partial charge in [-0.2, -0.15) is 5.10 Å². The number of rotatable bonds is 9. The molecule has 8 heteroatoms. The van der Waals surface area contributed by atoms with Gasteiger partial charge in [0.2, 0.25) is 5.13 Å². The highest BCUT2D eigenvalue weighted by Gasteiger charge is 2.32. The number of carbonyl (C=O) groups excluding carboxylic acids is 1. The second kappa shape index (κ2) is 12.5. The number of hydrogen-bond acceptors (Lipinski definition) is 8. The van der Waals surface area contributed by atoms with Crippen LogP contribution >= 0.6 is 11.3 Å². The number of anilines is 1. The van der Waals surface area contributed by atoms with Crippen LogP contribution in [0.2, 0.25) is 0 Å². The molecule has 0 saturated carbocycles. The first-order valence-corrected chi connectivity index (χ1v) is 14.9. The maximum Gasteiger partial charge on any atom is 0.343 e. The molecule has 0 fully saturated rings. The molecule has 0 radical (unpaired) electrons. The predicted octanol–water partition coefficient (Wildman–Crippen LogP) is 7.96. The van der Waals surface area contributed by atoms with Crippen molar-refractivity contribution in [1.29, 1.82) is 0 Å². The van der Waals surface area contributed by atoms with E-state index < -0.39 is 0 Å². The number of carbonyl (C=O) groups is 1. The third kappa shape index (κ3) is 6.01. The number of esters is 1. The molecule has 0 spiro atoms. The maximum absolute atomic E-state index is 12.5. The molecule has 0 bridgehead atoms. The fourth-order valence-electron chi connectivity index (χ4n) is 5.05. The van der Waals surface area contributed by atoms with Crippen molar-refractivity contribution in [3.8, 4) is 28.5 Å². The lowest BCUT2D eigenvalue weighted by Crippen LogP contribution is -2.18. The van der Waals surface area contributed by atoms with E-state index in [1.165, 1.54) is 0 Å². The number of aryl methyl sites for hydroxylation is 1. The minimum Gasteiger partial charge on any atom is -0.497 e. The Balaban J connectivity index is 1.31. The first-order chi connectivity index (χ1) is 21.1. The topological polar surface area (TPSA) is 73.2 Å². The fraction of sp³-hybridized carbons (Fsp3) is 0.171. The van der Waals surface area contributed by atoms with Crippen LogP contribution in [0.3, 0.4) is 0 Å². The van der Waals surface area contributed by atoms with Crippen molar-refractivity contribution in [3.63, 3.8) is 0 Å². The van der Waals surface area contributed by atoms with Crippen LogP contribution in [-0.2, 0) is 6.42 Å². The third-order valence-electron chi connectivity index (χ3n) is 7.39. The summed E-state index contributed by atoms with van der Waals surface area (Å²) in [5.74, 6) is 1.72. The Kier molecular flexibility index (Phi) is 8.20. The minimum absolute atomic E-state index is 0.0218. The number of methoxy groups -OCH3 is 2. The van der Waals surface area contributed by atoms with Gasteiger partial charge in [-0.1, -0.05) is 48.6 Å². The normalized spacial score (nSPS) is 14.3. The van der Waals surface area contributed by atoms with Gasteiger partial charge in [-0.05, 0) is 90.3 Å². The van der Waals surface area contributed by atoms with Crippen molar-refractivity contribution in [2.45, 2.75) is 25.8 Å². The van der Waals surface area contributed by atoms with Crippen LogP contribution in [0.4, 0.5) is 5.13 Å².